The molecule has 0 N–H and O–H groups in total. The Balaban J connectivity index is 2.35. The maximum Gasteiger partial charge on any atom is 0.442 e. The van der Waals surface area contributed by atoms with Crippen LogP contribution in [0.1, 0.15) is 24.6 Å². The van der Waals surface area contributed by atoms with Gasteiger partial charge in [0.15, 0.2) is 0 Å². The van der Waals surface area contributed by atoms with Gasteiger partial charge in [-0.25, -0.2) is 0 Å². The van der Waals surface area contributed by atoms with Crippen molar-refractivity contribution in [1.82, 2.24) is 9.78 Å². The van der Waals surface area contributed by atoms with Crippen LogP contribution in [0.5, 0.6) is 0 Å². The van der Waals surface area contributed by atoms with Crippen LogP contribution in [-0.4, -0.2) is 27.9 Å². The molecule has 9 heteroatoms. The molecule has 0 aliphatic carbocycles. The molecule has 0 atom stereocenters. The standard InChI is InChI=1S/C9H10F3N3O3/c10-9(11,12)8-7(15(16)17)5-14(13-8)6-1-3-18-4-2-6/h5-6H,1-4H2. The van der Waals surface area contributed by atoms with Gasteiger partial charge in [-0.15, -0.1) is 0 Å². The fraction of sp³-hybridized carbons (Fsp3) is 0.667. The van der Waals surface area contributed by atoms with Gasteiger partial charge in [-0.1, -0.05) is 0 Å². The number of hydrogen-bond donors (Lipinski definition) is 0. The van der Waals surface area contributed by atoms with Gasteiger partial charge < -0.3 is 4.74 Å². The lowest BCUT2D eigenvalue weighted by atomic mass is 10.1. The van der Waals surface area contributed by atoms with E-state index >= 15 is 0 Å². The van der Waals surface area contributed by atoms with Gasteiger partial charge in [0, 0.05) is 13.2 Å². The minimum Gasteiger partial charge on any atom is -0.381 e. The third-order valence-electron chi connectivity index (χ3n) is 2.74. The fourth-order valence-electron chi connectivity index (χ4n) is 1.85. The molecule has 0 saturated carbocycles. The Morgan fingerprint density at radius 3 is 2.50 bits per heavy atom. The summed E-state index contributed by atoms with van der Waals surface area (Å²) in [4.78, 5) is 9.53. The summed E-state index contributed by atoms with van der Waals surface area (Å²) in [5.41, 5.74) is -2.45. The molecule has 6 nitrogen and oxygen atoms in total. The van der Waals surface area contributed by atoms with E-state index in [1.165, 1.54) is 0 Å². The van der Waals surface area contributed by atoms with Gasteiger partial charge in [-0.2, -0.15) is 18.3 Å². The number of aromatic nitrogens is 2. The van der Waals surface area contributed by atoms with Gasteiger partial charge in [0.25, 0.3) is 0 Å². The second-order valence-corrected chi connectivity index (χ2v) is 3.94. The molecule has 1 aliphatic heterocycles. The molecule has 1 fully saturated rings. The molecule has 0 aromatic carbocycles. The van der Waals surface area contributed by atoms with Crippen LogP contribution >= 0.6 is 0 Å². The number of hydrogen-bond acceptors (Lipinski definition) is 4. The summed E-state index contributed by atoms with van der Waals surface area (Å²) in [6.07, 6.45) is -2.98. The smallest absolute Gasteiger partial charge is 0.381 e. The van der Waals surface area contributed by atoms with Crippen molar-refractivity contribution in [3.63, 3.8) is 0 Å². The first kappa shape index (κ1) is 12.8. The van der Waals surface area contributed by atoms with Gasteiger partial charge in [0.05, 0.1) is 11.0 Å². The van der Waals surface area contributed by atoms with Gasteiger partial charge in [0.2, 0.25) is 5.69 Å². The van der Waals surface area contributed by atoms with E-state index in [1.54, 1.807) is 0 Å². The molecule has 2 rings (SSSR count). The summed E-state index contributed by atoms with van der Waals surface area (Å²) in [5, 5.41) is 13.9. The summed E-state index contributed by atoms with van der Waals surface area (Å²) in [7, 11) is 0. The Morgan fingerprint density at radius 1 is 1.44 bits per heavy atom. The number of alkyl halides is 3. The van der Waals surface area contributed by atoms with Crippen LogP contribution < -0.4 is 0 Å². The zero-order chi connectivity index (χ0) is 13.3. The Morgan fingerprint density at radius 2 is 2.06 bits per heavy atom. The molecule has 0 bridgehead atoms. The predicted octanol–water partition coefficient (Wildman–Crippen LogP) is 2.16. The van der Waals surface area contributed by atoms with E-state index in [4.69, 9.17) is 4.74 Å². The Kier molecular flexibility index (Phi) is 3.24. The van der Waals surface area contributed by atoms with E-state index in [-0.39, 0.29) is 6.04 Å². The van der Waals surface area contributed by atoms with Gasteiger partial charge >= 0.3 is 11.9 Å². The highest BCUT2D eigenvalue weighted by Crippen LogP contribution is 2.36. The molecule has 0 radical (unpaired) electrons. The quantitative estimate of drug-likeness (QED) is 0.607. The molecule has 1 aromatic heterocycles. The molecule has 0 spiro atoms. The van der Waals surface area contributed by atoms with E-state index in [1.807, 2.05) is 0 Å². The van der Waals surface area contributed by atoms with E-state index in [9.17, 15) is 23.3 Å². The lowest BCUT2D eigenvalue weighted by Crippen LogP contribution is -2.20. The van der Waals surface area contributed by atoms with E-state index in [0.29, 0.717) is 26.1 Å². The van der Waals surface area contributed by atoms with Crippen LogP contribution in [0.3, 0.4) is 0 Å². The van der Waals surface area contributed by atoms with Crippen molar-refractivity contribution in [2.24, 2.45) is 0 Å². The minimum absolute atomic E-state index is 0.284. The van der Waals surface area contributed by atoms with Crippen molar-refractivity contribution >= 4 is 5.69 Å². The first-order chi connectivity index (χ1) is 8.39. The fourth-order valence-corrected chi connectivity index (χ4v) is 1.85. The predicted molar refractivity (Wildman–Crippen MR) is 53.0 cm³/mol. The van der Waals surface area contributed by atoms with Crippen LogP contribution in [-0.2, 0) is 10.9 Å². The summed E-state index contributed by atoms with van der Waals surface area (Å²) in [5.74, 6) is 0. The van der Waals surface area contributed by atoms with Crippen LogP contribution in [0.2, 0.25) is 0 Å². The van der Waals surface area contributed by atoms with E-state index < -0.39 is 22.5 Å². The maximum absolute atomic E-state index is 12.6. The first-order valence-electron chi connectivity index (χ1n) is 5.28. The monoisotopic (exact) mass is 265 g/mol. The molecule has 1 aliphatic rings. The summed E-state index contributed by atoms with van der Waals surface area (Å²) in [6.45, 7) is 0.833. The second-order valence-electron chi connectivity index (χ2n) is 3.94. The zero-order valence-electron chi connectivity index (χ0n) is 9.18. The maximum atomic E-state index is 12.6. The van der Waals surface area contributed by atoms with E-state index in [0.717, 1.165) is 10.9 Å². The summed E-state index contributed by atoms with van der Waals surface area (Å²) < 4.78 is 43.9. The summed E-state index contributed by atoms with van der Waals surface area (Å²) >= 11 is 0. The lowest BCUT2D eigenvalue weighted by Gasteiger charge is -2.21. The highest BCUT2D eigenvalue weighted by Gasteiger charge is 2.43. The molecule has 2 heterocycles. The molecular formula is C9H10F3N3O3. The van der Waals surface area contributed by atoms with Gasteiger partial charge in [0.1, 0.15) is 6.20 Å². The largest absolute Gasteiger partial charge is 0.442 e. The highest BCUT2D eigenvalue weighted by atomic mass is 19.4. The third kappa shape index (κ3) is 2.45. The average molecular weight is 265 g/mol. The summed E-state index contributed by atoms with van der Waals surface area (Å²) in [6, 6.07) is -0.284. The van der Waals surface area contributed by atoms with Crippen LogP contribution in [0, 0.1) is 10.1 Å². The highest BCUT2D eigenvalue weighted by molar-refractivity contribution is 5.34. The molecule has 1 aromatic rings. The SMILES string of the molecule is O=[N+]([O-])c1cn(C2CCOCC2)nc1C(F)(F)F. The van der Waals surface area contributed by atoms with Crippen molar-refractivity contribution in [3.05, 3.63) is 22.0 Å². The van der Waals surface area contributed by atoms with E-state index in [2.05, 4.69) is 5.10 Å². The van der Waals surface area contributed by atoms with Crippen LogP contribution in [0.15, 0.2) is 6.20 Å². The van der Waals surface area contributed by atoms with Crippen LogP contribution in [0.4, 0.5) is 18.9 Å². The minimum atomic E-state index is -4.82. The topological polar surface area (TPSA) is 70.2 Å². The molecule has 0 amide bonds. The van der Waals surface area contributed by atoms with Crippen molar-refractivity contribution < 1.29 is 22.8 Å². The molecule has 0 unspecified atom stereocenters. The normalized spacial score (nSPS) is 17.9. The molecular weight excluding hydrogens is 255 g/mol. The van der Waals surface area contributed by atoms with Crippen molar-refractivity contribution in [2.75, 3.05) is 13.2 Å². The van der Waals surface area contributed by atoms with Crippen molar-refractivity contribution in [3.8, 4) is 0 Å². The van der Waals surface area contributed by atoms with Gasteiger partial charge in [-0.05, 0) is 12.8 Å². The number of ether oxygens (including phenoxy) is 1. The number of rotatable bonds is 2. The molecule has 100 valence electrons. The Labute approximate surface area is 99.5 Å². The lowest BCUT2D eigenvalue weighted by molar-refractivity contribution is -0.388. The van der Waals surface area contributed by atoms with Gasteiger partial charge in [-0.3, -0.25) is 14.8 Å². The number of halogens is 3. The number of nitro groups is 1. The Hall–Kier alpha value is -1.64. The first-order valence-corrected chi connectivity index (χ1v) is 5.28. The van der Waals surface area contributed by atoms with Crippen LogP contribution in [0.25, 0.3) is 0 Å². The third-order valence-corrected chi connectivity index (χ3v) is 2.74. The Bertz CT molecular complexity index is 452. The molecule has 18 heavy (non-hydrogen) atoms. The zero-order valence-corrected chi connectivity index (χ0v) is 9.18. The average Bonchev–Trinajstić information content (AvgIpc) is 2.74. The van der Waals surface area contributed by atoms with Crippen molar-refractivity contribution in [2.45, 2.75) is 25.1 Å². The van der Waals surface area contributed by atoms with Crippen molar-refractivity contribution in [1.29, 1.82) is 0 Å². The second kappa shape index (κ2) is 4.56. The number of nitrogens with zero attached hydrogens (tertiary/aromatic N) is 3. The molecule has 1 saturated heterocycles.